The molecule has 0 aromatic heterocycles. The average molecular weight is 366 g/mol. The van der Waals surface area contributed by atoms with Gasteiger partial charge in [-0.1, -0.05) is 18.2 Å². The molecule has 136 valence electrons. The largest absolute Gasteiger partial charge is 0.383 e. The van der Waals surface area contributed by atoms with Crippen LogP contribution in [0.15, 0.2) is 40.6 Å². The smallest absolute Gasteiger partial charge is 0.233 e. The van der Waals surface area contributed by atoms with E-state index in [4.69, 9.17) is 11.6 Å². The number of alkyl halides is 1. The molecule has 6 nitrogen and oxygen atoms in total. The first-order chi connectivity index (χ1) is 11.6. The summed E-state index contributed by atoms with van der Waals surface area (Å²) in [6.45, 7) is 3.48. The molecule has 0 radical (unpaired) electrons. The van der Waals surface area contributed by atoms with Crippen molar-refractivity contribution in [1.29, 1.82) is 0 Å². The maximum atomic E-state index is 12.3. The molecule has 1 amide bonds. The number of carbonyl (C=O) groups excluding carboxylic acids is 2. The van der Waals surface area contributed by atoms with Crippen LogP contribution < -0.4 is 10.6 Å². The molecule has 0 saturated carbocycles. The Balaban J connectivity index is 2.10. The van der Waals surface area contributed by atoms with Gasteiger partial charge in [0.05, 0.1) is 18.0 Å². The highest BCUT2D eigenvalue weighted by Gasteiger charge is 2.37. The molecule has 0 fully saturated rings. The van der Waals surface area contributed by atoms with Crippen molar-refractivity contribution in [3.05, 3.63) is 35.6 Å². The van der Waals surface area contributed by atoms with Crippen molar-refractivity contribution in [1.82, 2.24) is 10.6 Å². The van der Waals surface area contributed by atoms with E-state index in [1.54, 1.807) is 13.1 Å². The van der Waals surface area contributed by atoms with E-state index in [9.17, 15) is 14.7 Å². The molecule has 2 unspecified atom stereocenters. The highest BCUT2D eigenvalue weighted by molar-refractivity contribution is 6.43. The Morgan fingerprint density at radius 2 is 2.00 bits per heavy atom. The molecule has 1 heterocycles. The van der Waals surface area contributed by atoms with Gasteiger partial charge in [0.1, 0.15) is 11.3 Å². The number of halogens is 1. The molecule has 0 spiro atoms. The topological polar surface area (TPSA) is 90.8 Å². The summed E-state index contributed by atoms with van der Waals surface area (Å²) < 4.78 is 0. The molecule has 25 heavy (non-hydrogen) atoms. The number of ketones is 1. The number of likely N-dealkylation sites (N-methyl/N-ethyl adjacent to an activating group) is 1. The minimum absolute atomic E-state index is 0.0340. The van der Waals surface area contributed by atoms with Gasteiger partial charge >= 0.3 is 0 Å². The number of allylic oxidation sites excluding steroid dienone is 4. The van der Waals surface area contributed by atoms with Gasteiger partial charge in [-0.3, -0.25) is 14.6 Å². The van der Waals surface area contributed by atoms with E-state index in [2.05, 4.69) is 15.6 Å². The fraction of sp³-hybridized carbons (Fsp3) is 0.500. The Labute approximate surface area is 152 Å². The van der Waals surface area contributed by atoms with Gasteiger partial charge in [-0.15, -0.1) is 11.6 Å². The molecule has 0 aromatic carbocycles. The lowest BCUT2D eigenvalue weighted by atomic mass is 9.81. The first-order valence-corrected chi connectivity index (χ1v) is 8.54. The van der Waals surface area contributed by atoms with Crippen LogP contribution >= 0.6 is 11.6 Å². The van der Waals surface area contributed by atoms with Crippen LogP contribution in [0.2, 0.25) is 0 Å². The molecule has 0 bridgehead atoms. The second-order valence-electron chi connectivity index (χ2n) is 6.79. The van der Waals surface area contributed by atoms with E-state index < -0.39 is 10.5 Å². The highest BCUT2D eigenvalue weighted by Crippen LogP contribution is 2.36. The molecule has 2 atom stereocenters. The van der Waals surface area contributed by atoms with Gasteiger partial charge in [0.25, 0.3) is 0 Å². The molecular formula is C18H24ClN3O3. The van der Waals surface area contributed by atoms with Gasteiger partial charge in [0.15, 0.2) is 5.78 Å². The summed E-state index contributed by atoms with van der Waals surface area (Å²) in [6, 6.07) is 0. The van der Waals surface area contributed by atoms with Crippen molar-refractivity contribution < 1.29 is 14.7 Å². The fourth-order valence-electron chi connectivity index (χ4n) is 2.89. The molecule has 0 aromatic rings. The molecule has 3 N–H and O–H groups in total. The summed E-state index contributed by atoms with van der Waals surface area (Å²) in [5.74, 6) is -0.544. The average Bonchev–Trinajstić information content (AvgIpc) is 2.52. The van der Waals surface area contributed by atoms with Crippen molar-refractivity contribution in [3.8, 4) is 0 Å². The zero-order chi connectivity index (χ0) is 18.7. The number of nitrogens with one attached hydrogen (secondary N) is 2. The third-order valence-corrected chi connectivity index (χ3v) is 4.46. The van der Waals surface area contributed by atoms with Crippen LogP contribution in [0.4, 0.5) is 0 Å². The Hall–Kier alpha value is -1.76. The van der Waals surface area contributed by atoms with E-state index >= 15 is 0 Å². The van der Waals surface area contributed by atoms with Crippen molar-refractivity contribution in [2.75, 3.05) is 20.1 Å². The van der Waals surface area contributed by atoms with Crippen LogP contribution in [0.25, 0.3) is 0 Å². The molecule has 7 heteroatoms. The minimum Gasteiger partial charge on any atom is -0.383 e. The van der Waals surface area contributed by atoms with Crippen LogP contribution in [0.3, 0.4) is 0 Å². The first-order valence-electron chi connectivity index (χ1n) is 8.16. The molecule has 2 rings (SSSR count). The maximum absolute atomic E-state index is 12.3. The third-order valence-electron chi connectivity index (χ3n) is 4.20. The van der Waals surface area contributed by atoms with Gasteiger partial charge in [-0.25, -0.2) is 0 Å². The van der Waals surface area contributed by atoms with E-state index in [0.29, 0.717) is 12.8 Å². The minimum atomic E-state index is -1.36. The van der Waals surface area contributed by atoms with E-state index in [1.165, 1.54) is 7.05 Å². The summed E-state index contributed by atoms with van der Waals surface area (Å²) in [7, 11) is 1.52. The zero-order valence-electron chi connectivity index (χ0n) is 14.7. The summed E-state index contributed by atoms with van der Waals surface area (Å²) in [6.07, 6.45) is 8.34. The Kier molecular flexibility index (Phi) is 5.98. The number of hydrogen-bond acceptors (Lipinski definition) is 5. The summed E-state index contributed by atoms with van der Waals surface area (Å²) in [4.78, 5) is 27.2. The predicted octanol–water partition coefficient (Wildman–Crippen LogP) is 1.25. The number of Topliss-reactive ketones (excluding diaryl/α,β-unsaturated/α-hetero) is 1. The zero-order valence-corrected chi connectivity index (χ0v) is 15.5. The van der Waals surface area contributed by atoms with Crippen molar-refractivity contribution in [2.45, 2.75) is 37.2 Å². The second-order valence-corrected chi connectivity index (χ2v) is 7.65. The van der Waals surface area contributed by atoms with E-state index in [0.717, 1.165) is 11.1 Å². The predicted molar refractivity (Wildman–Crippen MR) is 98.8 cm³/mol. The Bertz CT molecular complexity index is 688. The van der Waals surface area contributed by atoms with Crippen LogP contribution in [-0.4, -0.2) is 53.1 Å². The fourth-order valence-corrected chi connectivity index (χ4v) is 3.10. The number of nitrogens with zero attached hydrogens (tertiary/aromatic N) is 1. The molecule has 1 aliphatic carbocycles. The normalized spacial score (nSPS) is 28.8. The molecule has 2 aliphatic rings. The lowest BCUT2D eigenvalue weighted by molar-refractivity contribution is -0.119. The van der Waals surface area contributed by atoms with Gasteiger partial charge < -0.3 is 15.7 Å². The van der Waals surface area contributed by atoms with Gasteiger partial charge in [0.2, 0.25) is 5.91 Å². The summed E-state index contributed by atoms with van der Waals surface area (Å²) in [5.41, 5.74) is 0.617. The lowest BCUT2D eigenvalue weighted by Crippen LogP contribution is -2.46. The van der Waals surface area contributed by atoms with Crippen molar-refractivity contribution >= 4 is 29.0 Å². The van der Waals surface area contributed by atoms with Crippen molar-refractivity contribution in [2.24, 2.45) is 4.99 Å². The Morgan fingerprint density at radius 3 is 2.60 bits per heavy atom. The van der Waals surface area contributed by atoms with Crippen LogP contribution in [0.5, 0.6) is 0 Å². The van der Waals surface area contributed by atoms with Crippen LogP contribution in [0, 0.1) is 0 Å². The molecule has 0 saturated heterocycles. The lowest BCUT2D eigenvalue weighted by Gasteiger charge is -2.31. The number of hydrogen-bond donors (Lipinski definition) is 3. The molecule has 1 aliphatic heterocycles. The summed E-state index contributed by atoms with van der Waals surface area (Å²) >= 11 is 6.38. The number of aliphatic imine (C=N–C) groups is 1. The quantitative estimate of drug-likeness (QED) is 0.618. The number of amides is 1. The van der Waals surface area contributed by atoms with Crippen LogP contribution in [-0.2, 0) is 9.59 Å². The number of rotatable bonds is 6. The van der Waals surface area contributed by atoms with Crippen molar-refractivity contribution in [3.63, 3.8) is 0 Å². The molecular weight excluding hydrogens is 342 g/mol. The Morgan fingerprint density at radius 1 is 1.28 bits per heavy atom. The van der Waals surface area contributed by atoms with E-state index in [-0.39, 0.29) is 30.5 Å². The number of aliphatic hydroxyl groups is 1. The van der Waals surface area contributed by atoms with Gasteiger partial charge in [-0.05, 0) is 31.4 Å². The maximum Gasteiger partial charge on any atom is 0.233 e. The van der Waals surface area contributed by atoms with Gasteiger partial charge in [0, 0.05) is 19.7 Å². The standard InChI is InChI=1S/C18H24ClN3O3/c1-17(19)6-4-5-12(7-17)13-8-18(2,25)16(22-9-13)14(23)10-21-11-15(24)20-3/h4-6,9,21,25H,7-8,10-11H2,1-3H3,(H,20,24). The number of carbonyl (C=O) groups is 2. The third kappa shape index (κ3) is 5.11. The van der Waals surface area contributed by atoms with E-state index in [1.807, 2.05) is 25.2 Å². The van der Waals surface area contributed by atoms with Crippen LogP contribution in [0.1, 0.15) is 26.7 Å². The monoisotopic (exact) mass is 365 g/mol. The SMILES string of the molecule is CNC(=O)CNCC(=O)C1=NC=C(C2=CC=CC(C)(Cl)C2)CC1(C)O. The highest BCUT2D eigenvalue weighted by atomic mass is 35.5. The summed E-state index contributed by atoms with van der Waals surface area (Å²) in [5, 5.41) is 15.9. The first kappa shape index (κ1) is 19.6. The second kappa shape index (κ2) is 7.64. The van der Waals surface area contributed by atoms with Gasteiger partial charge in [-0.2, -0.15) is 0 Å².